The van der Waals surface area contributed by atoms with Gasteiger partial charge in [0.1, 0.15) is 0 Å². The van der Waals surface area contributed by atoms with Gasteiger partial charge in [0.2, 0.25) is 11.9 Å². The average Bonchev–Trinajstić information content (AvgIpc) is 2.99. The number of nitrogens with zero attached hydrogens (tertiary/aromatic N) is 3. The van der Waals surface area contributed by atoms with Crippen LogP contribution in [0.2, 0.25) is 0 Å². The van der Waals surface area contributed by atoms with Gasteiger partial charge in [-0.25, -0.2) is 0 Å². The van der Waals surface area contributed by atoms with Crippen LogP contribution in [0.1, 0.15) is 18.6 Å². The Labute approximate surface area is 121 Å². The lowest BCUT2D eigenvalue weighted by molar-refractivity contribution is 0.192. The Hall–Kier alpha value is -1.93. The van der Waals surface area contributed by atoms with Crippen LogP contribution in [-0.4, -0.2) is 40.3 Å². The van der Waals surface area contributed by atoms with Crippen molar-refractivity contribution in [2.75, 3.05) is 30.8 Å². The van der Waals surface area contributed by atoms with Gasteiger partial charge in [0.15, 0.2) is 0 Å². The van der Waals surface area contributed by atoms with Crippen LogP contribution in [0, 0.1) is 0 Å². The Morgan fingerprint density at radius 2 is 2.05 bits per heavy atom. The first kappa shape index (κ1) is 14.5. The van der Waals surface area contributed by atoms with Crippen LogP contribution in [0.15, 0.2) is 16.8 Å². The lowest BCUT2D eigenvalue weighted by Gasteiger charge is -2.11. The third kappa shape index (κ3) is 3.78. The van der Waals surface area contributed by atoms with E-state index in [1.54, 1.807) is 11.3 Å². The van der Waals surface area contributed by atoms with Crippen LogP contribution >= 0.6 is 11.3 Å². The minimum Gasteiger partial charge on any atom is -0.467 e. The van der Waals surface area contributed by atoms with Crippen LogP contribution in [-0.2, 0) is 0 Å². The molecule has 0 saturated heterocycles. The third-order valence-corrected chi connectivity index (χ3v) is 3.22. The zero-order valence-electron chi connectivity index (χ0n) is 11.3. The van der Waals surface area contributed by atoms with Gasteiger partial charge in [-0.05, 0) is 29.3 Å². The number of anilines is 2. The van der Waals surface area contributed by atoms with Crippen molar-refractivity contribution in [3.8, 4) is 6.01 Å². The molecule has 1 unspecified atom stereocenters. The molecular formula is C12H17N5O2S. The molecule has 8 heteroatoms. The number of aliphatic hydroxyl groups excluding tert-OH is 1. The highest BCUT2D eigenvalue weighted by molar-refractivity contribution is 7.07. The largest absolute Gasteiger partial charge is 0.467 e. The summed E-state index contributed by atoms with van der Waals surface area (Å²) >= 11 is 1.55. The molecule has 0 spiro atoms. The van der Waals surface area contributed by atoms with Crippen molar-refractivity contribution in [3.05, 3.63) is 22.4 Å². The second-order valence-corrected chi connectivity index (χ2v) is 4.73. The monoisotopic (exact) mass is 295 g/mol. The molecule has 0 aliphatic carbocycles. The molecule has 0 aromatic carbocycles. The molecule has 0 aliphatic heterocycles. The molecule has 0 amide bonds. The molecule has 2 aromatic heterocycles. The summed E-state index contributed by atoms with van der Waals surface area (Å²) < 4.78 is 5.02. The van der Waals surface area contributed by atoms with E-state index in [1.165, 1.54) is 7.11 Å². The number of methoxy groups -OCH3 is 1. The van der Waals surface area contributed by atoms with Gasteiger partial charge in [0.05, 0.1) is 13.2 Å². The Morgan fingerprint density at radius 1 is 1.30 bits per heavy atom. The molecule has 108 valence electrons. The second kappa shape index (κ2) is 7.01. The van der Waals surface area contributed by atoms with Crippen LogP contribution in [0.4, 0.5) is 11.9 Å². The number of thiophene rings is 1. The van der Waals surface area contributed by atoms with Crippen molar-refractivity contribution in [2.45, 2.75) is 13.0 Å². The van der Waals surface area contributed by atoms with Crippen LogP contribution in [0.5, 0.6) is 6.01 Å². The van der Waals surface area contributed by atoms with Gasteiger partial charge in [-0.15, -0.1) is 0 Å². The van der Waals surface area contributed by atoms with Crippen molar-refractivity contribution in [3.63, 3.8) is 0 Å². The maximum atomic E-state index is 10.00. The predicted molar refractivity (Wildman–Crippen MR) is 78.3 cm³/mol. The van der Waals surface area contributed by atoms with E-state index in [4.69, 9.17) is 4.74 Å². The van der Waals surface area contributed by atoms with E-state index in [0.717, 1.165) is 5.56 Å². The Morgan fingerprint density at radius 3 is 2.65 bits per heavy atom. The number of hydrogen-bond acceptors (Lipinski definition) is 8. The summed E-state index contributed by atoms with van der Waals surface area (Å²) in [5.41, 5.74) is 0.871. The number of rotatable bonds is 7. The molecule has 0 saturated carbocycles. The fourth-order valence-electron chi connectivity index (χ4n) is 1.53. The van der Waals surface area contributed by atoms with Crippen molar-refractivity contribution in [2.24, 2.45) is 0 Å². The van der Waals surface area contributed by atoms with Crippen molar-refractivity contribution >= 4 is 23.2 Å². The molecule has 7 nitrogen and oxygen atoms in total. The Bertz CT molecular complexity index is 535. The zero-order valence-corrected chi connectivity index (χ0v) is 12.1. The molecular weight excluding hydrogens is 278 g/mol. The van der Waals surface area contributed by atoms with Gasteiger partial charge in [-0.3, -0.25) is 0 Å². The number of hydrogen-bond donors (Lipinski definition) is 3. The van der Waals surface area contributed by atoms with Crippen molar-refractivity contribution in [1.82, 2.24) is 15.0 Å². The second-order valence-electron chi connectivity index (χ2n) is 3.95. The molecule has 1 atom stereocenters. The van der Waals surface area contributed by atoms with E-state index in [-0.39, 0.29) is 6.01 Å². The predicted octanol–water partition coefficient (Wildman–Crippen LogP) is 1.52. The number of nitrogens with one attached hydrogen (secondary N) is 2. The molecule has 2 rings (SSSR count). The fourth-order valence-corrected chi connectivity index (χ4v) is 2.24. The maximum absolute atomic E-state index is 10.00. The first-order chi connectivity index (χ1) is 9.72. The molecule has 2 heterocycles. The highest BCUT2D eigenvalue weighted by Gasteiger charge is 2.10. The molecule has 0 aliphatic rings. The van der Waals surface area contributed by atoms with Gasteiger partial charge < -0.3 is 20.5 Å². The van der Waals surface area contributed by atoms with Crippen LogP contribution in [0.25, 0.3) is 0 Å². The lowest BCUT2D eigenvalue weighted by atomic mass is 10.2. The minimum atomic E-state index is -0.605. The summed E-state index contributed by atoms with van der Waals surface area (Å²) in [6.45, 7) is 2.96. The smallest absolute Gasteiger partial charge is 0.322 e. The normalized spacial score (nSPS) is 11.9. The summed E-state index contributed by atoms with van der Waals surface area (Å²) in [6, 6.07) is 2.11. The van der Waals surface area contributed by atoms with E-state index in [0.29, 0.717) is 25.0 Å². The topological polar surface area (TPSA) is 92.2 Å². The van der Waals surface area contributed by atoms with Gasteiger partial charge in [-0.2, -0.15) is 26.3 Å². The van der Waals surface area contributed by atoms with Gasteiger partial charge in [0.25, 0.3) is 0 Å². The quantitative estimate of drug-likeness (QED) is 0.713. The number of aromatic nitrogens is 3. The van der Waals surface area contributed by atoms with E-state index < -0.39 is 6.10 Å². The number of aliphatic hydroxyl groups is 1. The first-order valence-electron chi connectivity index (χ1n) is 6.21. The van der Waals surface area contributed by atoms with Crippen molar-refractivity contribution in [1.29, 1.82) is 0 Å². The maximum Gasteiger partial charge on any atom is 0.322 e. The minimum absolute atomic E-state index is 0.225. The van der Waals surface area contributed by atoms with Gasteiger partial charge >= 0.3 is 6.01 Å². The fraction of sp³-hybridized carbons (Fsp3) is 0.417. The highest BCUT2D eigenvalue weighted by Crippen LogP contribution is 2.17. The first-order valence-corrected chi connectivity index (χ1v) is 7.15. The lowest BCUT2D eigenvalue weighted by Crippen LogP contribution is -2.15. The molecule has 0 bridgehead atoms. The summed E-state index contributed by atoms with van der Waals surface area (Å²) in [4.78, 5) is 12.3. The average molecular weight is 295 g/mol. The summed E-state index contributed by atoms with van der Waals surface area (Å²) in [6.07, 6.45) is -0.605. The molecule has 3 N–H and O–H groups in total. The highest BCUT2D eigenvalue weighted by atomic mass is 32.1. The van der Waals surface area contributed by atoms with Gasteiger partial charge in [-0.1, -0.05) is 0 Å². The van der Waals surface area contributed by atoms with E-state index in [2.05, 4.69) is 25.6 Å². The SMILES string of the molecule is CCNc1nc(NCC(O)c2ccsc2)nc(OC)n1. The summed E-state index contributed by atoms with van der Waals surface area (Å²) in [5, 5.41) is 19.8. The van der Waals surface area contributed by atoms with E-state index >= 15 is 0 Å². The molecule has 0 fully saturated rings. The Balaban J connectivity index is 2.02. The van der Waals surface area contributed by atoms with Gasteiger partial charge in [0, 0.05) is 13.1 Å². The summed E-state index contributed by atoms with van der Waals surface area (Å²) in [5.74, 6) is 0.800. The molecule has 0 radical (unpaired) electrons. The molecule has 2 aromatic rings. The van der Waals surface area contributed by atoms with Crippen LogP contribution in [0.3, 0.4) is 0 Å². The van der Waals surface area contributed by atoms with Crippen molar-refractivity contribution < 1.29 is 9.84 Å². The zero-order chi connectivity index (χ0) is 14.4. The summed E-state index contributed by atoms with van der Waals surface area (Å²) in [7, 11) is 1.50. The molecule has 20 heavy (non-hydrogen) atoms. The van der Waals surface area contributed by atoms with Crippen LogP contribution < -0.4 is 15.4 Å². The van der Waals surface area contributed by atoms with E-state index in [1.807, 2.05) is 23.8 Å². The third-order valence-electron chi connectivity index (χ3n) is 2.51. The van der Waals surface area contributed by atoms with E-state index in [9.17, 15) is 5.11 Å². The standard InChI is InChI=1S/C12H17N5O2S/c1-3-13-10-15-11(17-12(16-10)19-2)14-6-9(18)8-4-5-20-7-8/h4-5,7,9,18H,3,6H2,1-2H3,(H2,13,14,15,16,17). The Kier molecular flexibility index (Phi) is 5.08. The number of ether oxygens (including phenoxy) is 1.